The van der Waals surface area contributed by atoms with Gasteiger partial charge in [-0.2, -0.15) is 0 Å². The molecule has 0 unspecified atom stereocenters. The van der Waals surface area contributed by atoms with E-state index >= 15 is 0 Å². The molecule has 0 N–H and O–H groups in total. The molecule has 0 aliphatic carbocycles. The first-order valence-corrected chi connectivity index (χ1v) is 5.72. The summed E-state index contributed by atoms with van der Waals surface area (Å²) in [6, 6.07) is 0. The molecule has 0 rings (SSSR count). The fourth-order valence-corrected chi connectivity index (χ4v) is 0.950. The largest absolute Gasteiger partial charge is 0.465 e. The molecule has 0 atom stereocenters. The average Bonchev–Trinajstić information content (AvgIpc) is 2.20. The lowest BCUT2D eigenvalue weighted by molar-refractivity contribution is -0.153. The molecule has 0 amide bonds. The molecule has 0 aliphatic heterocycles. The Morgan fingerprint density at radius 2 is 1.56 bits per heavy atom. The number of ether oxygens (including phenoxy) is 3. The van der Waals surface area contributed by atoms with E-state index in [4.69, 9.17) is 14.2 Å². The molecule has 0 saturated carbocycles. The van der Waals surface area contributed by atoms with Gasteiger partial charge in [0.1, 0.15) is 0 Å². The fourth-order valence-electron chi connectivity index (χ4n) is 0.950. The van der Waals surface area contributed by atoms with Crippen molar-refractivity contribution in [2.24, 2.45) is 5.41 Å². The number of rotatable bonds is 8. The molecule has 0 radical (unpaired) electrons. The molecular formula is C12H24O4. The topological polar surface area (TPSA) is 44.8 Å². The zero-order valence-electron chi connectivity index (χ0n) is 10.9. The minimum atomic E-state index is -0.417. The molecule has 0 aromatic heterocycles. The van der Waals surface area contributed by atoms with Gasteiger partial charge in [0, 0.05) is 33.4 Å². The Labute approximate surface area is 98.3 Å². The van der Waals surface area contributed by atoms with Gasteiger partial charge in [-0.3, -0.25) is 4.79 Å². The van der Waals surface area contributed by atoms with Crippen LogP contribution in [0.25, 0.3) is 0 Å². The number of esters is 1. The van der Waals surface area contributed by atoms with Crippen LogP contribution in [-0.4, -0.2) is 39.5 Å². The van der Waals surface area contributed by atoms with Crippen LogP contribution in [0.5, 0.6) is 0 Å². The Morgan fingerprint density at radius 1 is 1.00 bits per heavy atom. The fraction of sp³-hybridized carbons (Fsp3) is 0.917. The molecule has 16 heavy (non-hydrogen) atoms. The third kappa shape index (κ3) is 8.68. The van der Waals surface area contributed by atoms with Crippen molar-refractivity contribution < 1.29 is 19.0 Å². The molecule has 0 bridgehead atoms. The van der Waals surface area contributed by atoms with Crippen molar-refractivity contribution in [2.45, 2.75) is 33.6 Å². The van der Waals surface area contributed by atoms with Gasteiger partial charge >= 0.3 is 5.97 Å². The highest BCUT2D eigenvalue weighted by atomic mass is 16.5. The van der Waals surface area contributed by atoms with Crippen LogP contribution in [-0.2, 0) is 19.0 Å². The van der Waals surface area contributed by atoms with Crippen LogP contribution in [0.15, 0.2) is 0 Å². The second-order valence-electron chi connectivity index (χ2n) is 4.70. The SMILES string of the molecule is COCCCOCCCOC(=O)C(C)(C)C. The monoisotopic (exact) mass is 232 g/mol. The van der Waals surface area contributed by atoms with Crippen molar-refractivity contribution in [3.8, 4) is 0 Å². The predicted molar refractivity (Wildman–Crippen MR) is 62.3 cm³/mol. The summed E-state index contributed by atoms with van der Waals surface area (Å²) in [7, 11) is 1.67. The van der Waals surface area contributed by atoms with Gasteiger partial charge in [0.25, 0.3) is 0 Å². The lowest BCUT2D eigenvalue weighted by Crippen LogP contribution is -2.23. The van der Waals surface area contributed by atoms with Gasteiger partial charge in [-0.05, 0) is 27.2 Å². The summed E-state index contributed by atoms with van der Waals surface area (Å²) >= 11 is 0. The maximum atomic E-state index is 11.4. The van der Waals surface area contributed by atoms with Crippen molar-refractivity contribution in [1.82, 2.24) is 0 Å². The number of methoxy groups -OCH3 is 1. The summed E-state index contributed by atoms with van der Waals surface area (Å²) in [5.41, 5.74) is -0.417. The van der Waals surface area contributed by atoms with Gasteiger partial charge in [0.15, 0.2) is 0 Å². The van der Waals surface area contributed by atoms with E-state index in [0.29, 0.717) is 19.8 Å². The minimum Gasteiger partial charge on any atom is -0.465 e. The summed E-state index contributed by atoms with van der Waals surface area (Å²) in [6.45, 7) is 8.01. The van der Waals surface area contributed by atoms with E-state index in [1.54, 1.807) is 7.11 Å². The standard InChI is InChI=1S/C12H24O4/c1-12(2,3)11(13)16-10-6-9-15-8-5-7-14-4/h5-10H2,1-4H3. The second-order valence-corrected chi connectivity index (χ2v) is 4.70. The average molecular weight is 232 g/mol. The zero-order chi connectivity index (χ0) is 12.4. The Morgan fingerprint density at radius 3 is 2.06 bits per heavy atom. The Hall–Kier alpha value is -0.610. The lowest BCUT2D eigenvalue weighted by atomic mass is 9.97. The molecule has 0 fully saturated rings. The highest BCUT2D eigenvalue weighted by molar-refractivity contribution is 5.75. The molecule has 0 saturated heterocycles. The van der Waals surface area contributed by atoms with E-state index < -0.39 is 5.41 Å². The first-order valence-electron chi connectivity index (χ1n) is 5.72. The normalized spacial score (nSPS) is 11.5. The van der Waals surface area contributed by atoms with E-state index in [2.05, 4.69) is 0 Å². The van der Waals surface area contributed by atoms with Crippen LogP contribution < -0.4 is 0 Å². The number of hydrogen-bond donors (Lipinski definition) is 0. The summed E-state index contributed by atoms with van der Waals surface area (Å²) in [4.78, 5) is 11.4. The van der Waals surface area contributed by atoms with Gasteiger partial charge in [0.2, 0.25) is 0 Å². The summed E-state index contributed by atoms with van der Waals surface area (Å²) in [5, 5.41) is 0. The number of carbonyl (C=O) groups excluding carboxylic acids is 1. The van der Waals surface area contributed by atoms with Gasteiger partial charge in [-0.15, -0.1) is 0 Å². The van der Waals surface area contributed by atoms with Crippen LogP contribution in [0.3, 0.4) is 0 Å². The Kier molecular flexibility index (Phi) is 8.21. The number of carbonyl (C=O) groups is 1. The smallest absolute Gasteiger partial charge is 0.311 e. The summed E-state index contributed by atoms with van der Waals surface area (Å²) < 4.78 is 15.3. The van der Waals surface area contributed by atoms with Crippen LogP contribution in [0.1, 0.15) is 33.6 Å². The molecule has 96 valence electrons. The molecule has 4 nitrogen and oxygen atoms in total. The highest BCUT2D eigenvalue weighted by Crippen LogP contribution is 2.14. The van der Waals surface area contributed by atoms with Gasteiger partial charge in [0.05, 0.1) is 12.0 Å². The molecule has 0 aliphatic rings. The highest BCUT2D eigenvalue weighted by Gasteiger charge is 2.22. The van der Waals surface area contributed by atoms with Gasteiger partial charge < -0.3 is 14.2 Å². The zero-order valence-corrected chi connectivity index (χ0v) is 10.9. The maximum absolute atomic E-state index is 11.4. The molecule has 0 aromatic carbocycles. The minimum absolute atomic E-state index is 0.160. The lowest BCUT2D eigenvalue weighted by Gasteiger charge is -2.16. The van der Waals surface area contributed by atoms with E-state index in [0.717, 1.165) is 19.4 Å². The van der Waals surface area contributed by atoms with Crippen molar-refractivity contribution in [2.75, 3.05) is 33.5 Å². The maximum Gasteiger partial charge on any atom is 0.311 e. The van der Waals surface area contributed by atoms with E-state index in [1.807, 2.05) is 20.8 Å². The summed E-state index contributed by atoms with van der Waals surface area (Å²) in [5.74, 6) is -0.160. The van der Waals surface area contributed by atoms with Crippen molar-refractivity contribution in [1.29, 1.82) is 0 Å². The summed E-state index contributed by atoms with van der Waals surface area (Å²) in [6.07, 6.45) is 1.65. The van der Waals surface area contributed by atoms with Gasteiger partial charge in [-0.25, -0.2) is 0 Å². The number of hydrogen-bond acceptors (Lipinski definition) is 4. The molecule has 0 aromatic rings. The van der Waals surface area contributed by atoms with E-state index in [9.17, 15) is 4.79 Å². The quantitative estimate of drug-likeness (QED) is 0.474. The predicted octanol–water partition coefficient (Wildman–Crippen LogP) is 2.02. The molecular weight excluding hydrogens is 208 g/mol. The van der Waals surface area contributed by atoms with Crippen LogP contribution in [0, 0.1) is 5.41 Å². The molecule has 4 heteroatoms. The first-order chi connectivity index (χ1) is 7.48. The van der Waals surface area contributed by atoms with Crippen molar-refractivity contribution in [3.63, 3.8) is 0 Å². The van der Waals surface area contributed by atoms with Gasteiger partial charge in [-0.1, -0.05) is 0 Å². The van der Waals surface area contributed by atoms with Crippen LogP contribution >= 0.6 is 0 Å². The van der Waals surface area contributed by atoms with Crippen molar-refractivity contribution in [3.05, 3.63) is 0 Å². The van der Waals surface area contributed by atoms with Crippen LogP contribution in [0.4, 0.5) is 0 Å². The van der Waals surface area contributed by atoms with E-state index in [-0.39, 0.29) is 5.97 Å². The second kappa shape index (κ2) is 8.53. The Bertz CT molecular complexity index is 184. The van der Waals surface area contributed by atoms with Crippen molar-refractivity contribution >= 4 is 5.97 Å². The Balaban J connectivity index is 3.25. The third-order valence-corrected chi connectivity index (χ3v) is 1.92. The third-order valence-electron chi connectivity index (χ3n) is 1.92. The van der Waals surface area contributed by atoms with E-state index in [1.165, 1.54) is 0 Å². The first kappa shape index (κ1) is 15.4. The van der Waals surface area contributed by atoms with Crippen LogP contribution in [0.2, 0.25) is 0 Å². The molecule has 0 spiro atoms. The molecule has 0 heterocycles.